The first kappa shape index (κ1) is 16.0. The first-order valence-electron chi connectivity index (χ1n) is 7.67. The van der Waals surface area contributed by atoms with E-state index in [9.17, 15) is 4.39 Å². The van der Waals surface area contributed by atoms with Crippen molar-refractivity contribution in [2.24, 2.45) is 12.0 Å². The normalized spacial score (nSPS) is 11.9. The van der Waals surface area contributed by atoms with Crippen LogP contribution in [0.4, 0.5) is 4.39 Å². The average molecular weight is 329 g/mol. The van der Waals surface area contributed by atoms with Crippen LogP contribution in [0.3, 0.4) is 0 Å². The van der Waals surface area contributed by atoms with Gasteiger partial charge in [0.05, 0.1) is 18.8 Å². The third-order valence-corrected chi connectivity index (χ3v) is 4.00. The number of aryl methyl sites for hydroxylation is 2. The van der Waals surface area contributed by atoms with Crippen LogP contribution < -0.4 is 10.6 Å². The molecule has 0 atom stereocenters. The summed E-state index contributed by atoms with van der Waals surface area (Å²) in [4.78, 5) is 4.19. The van der Waals surface area contributed by atoms with E-state index in [2.05, 4.69) is 20.7 Å². The molecule has 2 N–H and O–H groups in total. The molecule has 0 amide bonds. The molecule has 0 unspecified atom stereocenters. The van der Waals surface area contributed by atoms with Crippen LogP contribution in [0.5, 0.6) is 0 Å². The van der Waals surface area contributed by atoms with Gasteiger partial charge in [0.1, 0.15) is 17.2 Å². The lowest BCUT2D eigenvalue weighted by molar-refractivity contribution is 0.533. The minimum Gasteiger partial charge on any atom is -0.459 e. The van der Waals surface area contributed by atoms with Crippen molar-refractivity contribution in [1.29, 1.82) is 0 Å². The standard InChI is InChI=1S/C17H20FN5O/c1-11-14-8-12(18)4-5-15(14)24-16(11)10-21-17(19-2)20-9-13-6-7-22-23(13)3/h4-8H,9-10H2,1-3H3,(H2,19,20,21). The quantitative estimate of drug-likeness (QED) is 0.570. The largest absolute Gasteiger partial charge is 0.459 e. The Labute approximate surface area is 139 Å². The Hall–Kier alpha value is -2.83. The molecule has 3 aromatic rings. The topological polar surface area (TPSA) is 67.4 Å². The van der Waals surface area contributed by atoms with E-state index >= 15 is 0 Å². The summed E-state index contributed by atoms with van der Waals surface area (Å²) in [5.74, 6) is 1.15. The second-order valence-electron chi connectivity index (χ2n) is 5.52. The first-order valence-corrected chi connectivity index (χ1v) is 7.67. The number of aliphatic imine (C=N–C) groups is 1. The fourth-order valence-corrected chi connectivity index (χ4v) is 2.55. The van der Waals surface area contributed by atoms with Crippen molar-refractivity contribution >= 4 is 16.9 Å². The van der Waals surface area contributed by atoms with Crippen molar-refractivity contribution in [2.75, 3.05) is 7.05 Å². The van der Waals surface area contributed by atoms with E-state index < -0.39 is 0 Å². The van der Waals surface area contributed by atoms with Crippen LogP contribution in [-0.2, 0) is 20.1 Å². The van der Waals surface area contributed by atoms with Crippen molar-refractivity contribution in [1.82, 2.24) is 20.4 Å². The van der Waals surface area contributed by atoms with Gasteiger partial charge in [0.25, 0.3) is 0 Å². The van der Waals surface area contributed by atoms with Gasteiger partial charge in [-0.2, -0.15) is 5.10 Å². The number of nitrogens with one attached hydrogen (secondary N) is 2. The molecule has 1 aromatic carbocycles. The van der Waals surface area contributed by atoms with Gasteiger partial charge in [-0.15, -0.1) is 0 Å². The second kappa shape index (κ2) is 6.74. The fourth-order valence-electron chi connectivity index (χ4n) is 2.55. The third kappa shape index (κ3) is 3.24. The van der Waals surface area contributed by atoms with Gasteiger partial charge in [0, 0.05) is 31.2 Å². The van der Waals surface area contributed by atoms with E-state index in [1.54, 1.807) is 24.0 Å². The molecule has 6 nitrogen and oxygen atoms in total. The lowest BCUT2D eigenvalue weighted by Crippen LogP contribution is -2.36. The molecule has 126 valence electrons. The zero-order chi connectivity index (χ0) is 17.1. The minimum absolute atomic E-state index is 0.264. The number of fused-ring (bicyclic) bond motifs is 1. The molecule has 24 heavy (non-hydrogen) atoms. The highest BCUT2D eigenvalue weighted by molar-refractivity contribution is 5.83. The summed E-state index contributed by atoms with van der Waals surface area (Å²) in [6, 6.07) is 6.48. The Morgan fingerprint density at radius 1 is 1.29 bits per heavy atom. The van der Waals surface area contributed by atoms with Gasteiger partial charge in [0.15, 0.2) is 5.96 Å². The number of furan rings is 1. The summed E-state index contributed by atoms with van der Waals surface area (Å²) in [5.41, 5.74) is 2.66. The molecule has 0 radical (unpaired) electrons. The Kier molecular flexibility index (Phi) is 4.50. The van der Waals surface area contributed by atoms with Gasteiger partial charge in [-0.25, -0.2) is 4.39 Å². The summed E-state index contributed by atoms with van der Waals surface area (Å²) in [5, 5.41) is 11.4. The smallest absolute Gasteiger partial charge is 0.191 e. The van der Waals surface area contributed by atoms with E-state index in [0.717, 1.165) is 22.4 Å². The van der Waals surface area contributed by atoms with Crippen LogP contribution in [0.2, 0.25) is 0 Å². The number of nitrogens with zero attached hydrogens (tertiary/aromatic N) is 3. The lowest BCUT2D eigenvalue weighted by Gasteiger charge is -2.11. The summed E-state index contributed by atoms with van der Waals surface area (Å²) >= 11 is 0. The molecule has 0 saturated heterocycles. The highest BCUT2D eigenvalue weighted by Gasteiger charge is 2.11. The molecule has 0 aliphatic rings. The van der Waals surface area contributed by atoms with E-state index in [0.29, 0.717) is 24.6 Å². The van der Waals surface area contributed by atoms with Crippen molar-refractivity contribution in [2.45, 2.75) is 20.0 Å². The molecule has 0 aliphatic heterocycles. The number of hydrogen-bond acceptors (Lipinski definition) is 3. The molecule has 0 aliphatic carbocycles. The Morgan fingerprint density at radius 3 is 2.79 bits per heavy atom. The molecule has 3 rings (SSSR count). The molecule has 0 bridgehead atoms. The zero-order valence-corrected chi connectivity index (χ0v) is 13.9. The number of rotatable bonds is 4. The molecular weight excluding hydrogens is 309 g/mol. The average Bonchev–Trinajstić information content (AvgIpc) is 3.12. The van der Waals surface area contributed by atoms with Gasteiger partial charge in [0.2, 0.25) is 0 Å². The number of guanidine groups is 1. The van der Waals surface area contributed by atoms with Gasteiger partial charge in [-0.05, 0) is 31.2 Å². The van der Waals surface area contributed by atoms with E-state index in [-0.39, 0.29) is 5.82 Å². The van der Waals surface area contributed by atoms with Crippen LogP contribution in [0.25, 0.3) is 11.0 Å². The molecule has 0 saturated carbocycles. The van der Waals surface area contributed by atoms with Crippen molar-refractivity contribution in [3.8, 4) is 0 Å². The van der Waals surface area contributed by atoms with Crippen LogP contribution in [0.15, 0.2) is 39.9 Å². The summed E-state index contributed by atoms with van der Waals surface area (Å²) < 4.78 is 21.0. The minimum atomic E-state index is -0.264. The van der Waals surface area contributed by atoms with Crippen LogP contribution in [0, 0.1) is 12.7 Å². The first-order chi connectivity index (χ1) is 11.6. The van der Waals surface area contributed by atoms with Gasteiger partial charge in [-0.1, -0.05) is 0 Å². The van der Waals surface area contributed by atoms with Crippen molar-refractivity contribution in [3.05, 3.63) is 53.3 Å². The molecule has 2 aromatic heterocycles. The van der Waals surface area contributed by atoms with E-state index in [1.807, 2.05) is 20.0 Å². The highest BCUT2D eigenvalue weighted by atomic mass is 19.1. The zero-order valence-electron chi connectivity index (χ0n) is 13.9. The van der Waals surface area contributed by atoms with Crippen LogP contribution in [0.1, 0.15) is 17.0 Å². The fraction of sp³-hybridized carbons (Fsp3) is 0.294. The molecule has 0 fully saturated rings. The van der Waals surface area contributed by atoms with Gasteiger partial charge < -0.3 is 15.1 Å². The third-order valence-electron chi connectivity index (χ3n) is 4.00. The van der Waals surface area contributed by atoms with Gasteiger partial charge >= 0.3 is 0 Å². The maximum absolute atomic E-state index is 13.4. The Bertz CT molecular complexity index is 880. The number of halogens is 1. The Morgan fingerprint density at radius 2 is 2.08 bits per heavy atom. The maximum atomic E-state index is 13.4. The number of aromatic nitrogens is 2. The highest BCUT2D eigenvalue weighted by Crippen LogP contribution is 2.25. The molecule has 0 spiro atoms. The summed E-state index contributed by atoms with van der Waals surface area (Å²) in [6.45, 7) is 3.00. The predicted molar refractivity (Wildman–Crippen MR) is 91.2 cm³/mol. The molecular formula is C17H20FN5O. The molecule has 7 heteroatoms. The van der Waals surface area contributed by atoms with E-state index in [1.165, 1.54) is 12.1 Å². The van der Waals surface area contributed by atoms with Gasteiger partial charge in [-0.3, -0.25) is 9.67 Å². The van der Waals surface area contributed by atoms with Crippen molar-refractivity contribution < 1.29 is 8.81 Å². The lowest BCUT2D eigenvalue weighted by atomic mass is 10.1. The molecule has 2 heterocycles. The Balaban J connectivity index is 1.65. The second-order valence-corrected chi connectivity index (χ2v) is 5.52. The predicted octanol–water partition coefficient (Wildman–Crippen LogP) is 2.48. The van der Waals surface area contributed by atoms with E-state index in [4.69, 9.17) is 4.42 Å². The van der Waals surface area contributed by atoms with Crippen LogP contribution in [-0.4, -0.2) is 22.8 Å². The van der Waals surface area contributed by atoms with Crippen molar-refractivity contribution in [3.63, 3.8) is 0 Å². The maximum Gasteiger partial charge on any atom is 0.191 e. The number of benzene rings is 1. The monoisotopic (exact) mass is 329 g/mol. The SMILES string of the molecule is CN=C(NCc1oc2ccc(F)cc2c1C)NCc1ccnn1C. The summed E-state index contributed by atoms with van der Waals surface area (Å²) in [7, 11) is 3.60. The number of hydrogen-bond donors (Lipinski definition) is 2. The van der Waals surface area contributed by atoms with Crippen LogP contribution >= 0.6 is 0 Å². The summed E-state index contributed by atoms with van der Waals surface area (Å²) in [6.07, 6.45) is 1.75.